The van der Waals surface area contributed by atoms with Gasteiger partial charge in [-0.05, 0) is 29.8 Å². The number of nitrogen functional groups attached to an aromatic ring is 1. The Balaban J connectivity index is 2.32. The van der Waals surface area contributed by atoms with E-state index in [-0.39, 0.29) is 12.0 Å². The molecule has 2 aromatic rings. The molecule has 0 saturated heterocycles. The van der Waals surface area contributed by atoms with Gasteiger partial charge in [-0.15, -0.1) is 0 Å². The molecule has 1 heterocycles. The third kappa shape index (κ3) is 3.23. The summed E-state index contributed by atoms with van der Waals surface area (Å²) in [6.07, 6.45) is -0.879. The molecule has 1 aromatic heterocycles. The van der Waals surface area contributed by atoms with E-state index in [1.165, 1.54) is 12.1 Å². The van der Waals surface area contributed by atoms with E-state index in [9.17, 15) is 13.2 Å². The highest BCUT2D eigenvalue weighted by Gasteiger charge is 2.11. The maximum Gasteiger partial charge on any atom is 0.263 e. The van der Waals surface area contributed by atoms with Crippen molar-refractivity contribution in [1.82, 2.24) is 4.98 Å². The molecule has 0 radical (unpaired) electrons. The van der Waals surface area contributed by atoms with Gasteiger partial charge in [0.1, 0.15) is 11.6 Å². The number of nitrogens with one attached hydrogen (secondary N) is 1. The Morgan fingerprint density at radius 2 is 2.05 bits per heavy atom. The van der Waals surface area contributed by atoms with E-state index in [2.05, 4.69) is 10.4 Å². The fourth-order valence-corrected chi connectivity index (χ4v) is 1.83. The first kappa shape index (κ1) is 13.4. The third-order valence-electron chi connectivity index (χ3n) is 2.65. The van der Waals surface area contributed by atoms with Crippen molar-refractivity contribution in [2.45, 2.75) is 12.8 Å². The van der Waals surface area contributed by atoms with Crippen molar-refractivity contribution >= 4 is 5.82 Å². The molecule has 0 aliphatic carbocycles. The number of hydrazine groups is 1. The average Bonchev–Trinajstić information content (AvgIpc) is 2.38. The topological polar surface area (TPSA) is 50.9 Å². The predicted octanol–water partition coefficient (Wildman–Crippen LogP) is 3.03. The molecule has 0 amide bonds. The van der Waals surface area contributed by atoms with Crippen LogP contribution in [0.1, 0.15) is 23.1 Å². The number of aromatic nitrogens is 1. The lowest BCUT2D eigenvalue weighted by atomic mass is 10.0. The average molecular weight is 267 g/mol. The fourth-order valence-electron chi connectivity index (χ4n) is 1.83. The Bertz CT molecular complexity index is 573. The first-order valence-electron chi connectivity index (χ1n) is 5.58. The van der Waals surface area contributed by atoms with Gasteiger partial charge in [0.2, 0.25) is 0 Å². The van der Waals surface area contributed by atoms with Gasteiger partial charge < -0.3 is 5.43 Å². The number of alkyl halides is 2. The van der Waals surface area contributed by atoms with Crippen LogP contribution < -0.4 is 11.3 Å². The summed E-state index contributed by atoms with van der Waals surface area (Å²) in [6, 6.07) is 6.78. The van der Waals surface area contributed by atoms with Gasteiger partial charge in [-0.25, -0.2) is 24.0 Å². The Labute approximate surface area is 108 Å². The standard InChI is InChI=1S/C13H12F3N3/c14-11-6-8(5-10(7-11)12(15)16)4-9-2-1-3-18-13(9)19-17/h1-3,5-7,12H,4,17H2,(H,18,19). The lowest BCUT2D eigenvalue weighted by molar-refractivity contribution is 0.151. The van der Waals surface area contributed by atoms with Gasteiger partial charge in [-0.3, -0.25) is 0 Å². The van der Waals surface area contributed by atoms with Crippen molar-refractivity contribution in [3.8, 4) is 0 Å². The molecular formula is C13H12F3N3. The van der Waals surface area contributed by atoms with Gasteiger partial charge in [-0.2, -0.15) is 0 Å². The Morgan fingerprint density at radius 3 is 2.74 bits per heavy atom. The quantitative estimate of drug-likeness (QED) is 0.661. The fraction of sp³-hybridized carbons (Fsp3) is 0.154. The van der Waals surface area contributed by atoms with Crippen LogP contribution in [0.3, 0.4) is 0 Å². The molecule has 2 rings (SSSR count). The molecule has 100 valence electrons. The summed E-state index contributed by atoms with van der Waals surface area (Å²) in [5.41, 5.74) is 3.23. The van der Waals surface area contributed by atoms with Crippen molar-refractivity contribution in [3.63, 3.8) is 0 Å². The van der Waals surface area contributed by atoms with E-state index < -0.39 is 12.2 Å². The molecule has 3 nitrogen and oxygen atoms in total. The minimum atomic E-state index is -2.70. The first-order chi connectivity index (χ1) is 9.10. The van der Waals surface area contributed by atoms with Gasteiger partial charge in [0.05, 0.1) is 0 Å². The highest BCUT2D eigenvalue weighted by Crippen LogP contribution is 2.23. The molecule has 0 atom stereocenters. The first-order valence-corrected chi connectivity index (χ1v) is 5.58. The van der Waals surface area contributed by atoms with Crippen LogP contribution in [-0.2, 0) is 6.42 Å². The largest absolute Gasteiger partial charge is 0.308 e. The van der Waals surface area contributed by atoms with E-state index >= 15 is 0 Å². The number of nitrogens with zero attached hydrogens (tertiary/aromatic N) is 1. The minimum Gasteiger partial charge on any atom is -0.308 e. The Kier molecular flexibility index (Phi) is 4.01. The zero-order chi connectivity index (χ0) is 13.8. The van der Waals surface area contributed by atoms with Crippen LogP contribution >= 0.6 is 0 Å². The molecule has 0 fully saturated rings. The molecule has 0 bridgehead atoms. The lowest BCUT2D eigenvalue weighted by Crippen LogP contribution is -2.11. The van der Waals surface area contributed by atoms with Gasteiger partial charge in [0.15, 0.2) is 0 Å². The van der Waals surface area contributed by atoms with Crippen LogP contribution in [0.4, 0.5) is 19.0 Å². The summed E-state index contributed by atoms with van der Waals surface area (Å²) in [7, 11) is 0. The maximum atomic E-state index is 13.3. The van der Waals surface area contributed by atoms with Crippen molar-refractivity contribution in [3.05, 3.63) is 59.0 Å². The minimum absolute atomic E-state index is 0.269. The molecule has 0 unspecified atom stereocenters. The highest BCUT2D eigenvalue weighted by molar-refractivity contribution is 5.45. The molecule has 0 aliphatic rings. The van der Waals surface area contributed by atoms with E-state index in [1.807, 2.05) is 0 Å². The van der Waals surface area contributed by atoms with Crippen molar-refractivity contribution < 1.29 is 13.2 Å². The monoisotopic (exact) mass is 267 g/mol. The van der Waals surface area contributed by atoms with Crippen molar-refractivity contribution in [2.75, 3.05) is 5.43 Å². The number of anilines is 1. The van der Waals surface area contributed by atoms with Crippen molar-refractivity contribution in [1.29, 1.82) is 0 Å². The zero-order valence-electron chi connectivity index (χ0n) is 9.91. The van der Waals surface area contributed by atoms with Crippen LogP contribution in [0.25, 0.3) is 0 Å². The second-order valence-electron chi connectivity index (χ2n) is 4.03. The summed E-state index contributed by atoms with van der Waals surface area (Å²) in [5.74, 6) is 5.06. The Hall–Kier alpha value is -2.08. The molecule has 6 heteroatoms. The molecule has 3 N–H and O–H groups in total. The van der Waals surface area contributed by atoms with Crippen LogP contribution in [-0.4, -0.2) is 4.98 Å². The van der Waals surface area contributed by atoms with E-state index in [0.29, 0.717) is 16.9 Å². The normalized spacial score (nSPS) is 10.8. The maximum absolute atomic E-state index is 13.3. The molecule has 19 heavy (non-hydrogen) atoms. The summed E-state index contributed by atoms with van der Waals surface area (Å²) < 4.78 is 38.5. The molecule has 0 saturated carbocycles. The molecule has 0 aliphatic heterocycles. The van der Waals surface area contributed by atoms with Crippen LogP contribution in [0.2, 0.25) is 0 Å². The summed E-state index contributed by atoms with van der Waals surface area (Å²) in [5, 5.41) is 0. The summed E-state index contributed by atoms with van der Waals surface area (Å²) >= 11 is 0. The van der Waals surface area contributed by atoms with Crippen LogP contribution in [0.5, 0.6) is 0 Å². The van der Waals surface area contributed by atoms with Gasteiger partial charge in [0.25, 0.3) is 6.43 Å². The number of halogens is 3. The predicted molar refractivity (Wildman–Crippen MR) is 66.2 cm³/mol. The van der Waals surface area contributed by atoms with Gasteiger partial charge in [-0.1, -0.05) is 6.07 Å². The highest BCUT2D eigenvalue weighted by atomic mass is 19.3. The summed E-state index contributed by atoms with van der Waals surface area (Å²) in [6.45, 7) is 0. The second-order valence-corrected chi connectivity index (χ2v) is 4.03. The zero-order valence-corrected chi connectivity index (χ0v) is 9.91. The number of hydrogen-bond donors (Lipinski definition) is 2. The summed E-state index contributed by atoms with van der Waals surface area (Å²) in [4.78, 5) is 4.00. The smallest absolute Gasteiger partial charge is 0.263 e. The SMILES string of the molecule is NNc1ncccc1Cc1cc(F)cc(C(F)F)c1. The van der Waals surface area contributed by atoms with E-state index in [0.717, 1.165) is 6.07 Å². The molecule has 1 aromatic carbocycles. The van der Waals surface area contributed by atoms with Crippen LogP contribution in [0, 0.1) is 5.82 Å². The second kappa shape index (κ2) is 5.71. The van der Waals surface area contributed by atoms with E-state index in [1.54, 1.807) is 18.3 Å². The Morgan fingerprint density at radius 1 is 1.26 bits per heavy atom. The number of rotatable bonds is 4. The number of hydrogen-bond acceptors (Lipinski definition) is 3. The van der Waals surface area contributed by atoms with Crippen molar-refractivity contribution in [2.24, 2.45) is 5.84 Å². The number of nitrogens with two attached hydrogens (primary N) is 1. The number of pyridine rings is 1. The molecular weight excluding hydrogens is 255 g/mol. The van der Waals surface area contributed by atoms with E-state index in [4.69, 9.17) is 5.84 Å². The third-order valence-corrected chi connectivity index (χ3v) is 2.65. The molecule has 0 spiro atoms. The van der Waals surface area contributed by atoms with Crippen LogP contribution in [0.15, 0.2) is 36.5 Å². The van der Waals surface area contributed by atoms with Gasteiger partial charge >= 0.3 is 0 Å². The number of benzene rings is 1. The van der Waals surface area contributed by atoms with Gasteiger partial charge in [0, 0.05) is 23.7 Å². The lowest BCUT2D eigenvalue weighted by Gasteiger charge is -2.09.